The lowest BCUT2D eigenvalue weighted by molar-refractivity contribution is -0.147. The van der Waals surface area contributed by atoms with E-state index in [0.717, 1.165) is 0 Å². The fourth-order valence-corrected chi connectivity index (χ4v) is 3.37. The molecule has 0 saturated carbocycles. The van der Waals surface area contributed by atoms with Crippen LogP contribution in [0.2, 0.25) is 0 Å². The lowest BCUT2D eigenvalue weighted by Gasteiger charge is -2.23. The maximum absolute atomic E-state index is 12.9. The van der Waals surface area contributed by atoms with Gasteiger partial charge in [0, 0.05) is 6.42 Å². The van der Waals surface area contributed by atoms with E-state index < -0.39 is 60.2 Å². The highest BCUT2D eigenvalue weighted by molar-refractivity contribution is 5.94. The number of amides is 3. The summed E-state index contributed by atoms with van der Waals surface area (Å²) in [6.07, 6.45) is -0.711. The molecule has 3 amide bonds. The minimum atomic E-state index is -1.70. The topological polar surface area (TPSA) is 208 Å². The average molecular weight is 515 g/mol. The van der Waals surface area contributed by atoms with Crippen LogP contribution in [0.15, 0.2) is 54.6 Å². The molecule has 0 fully saturated rings. The van der Waals surface area contributed by atoms with Crippen LogP contribution in [0.1, 0.15) is 24.5 Å². The number of hydrogen-bond donors (Lipinski definition) is 7. The molecule has 12 nitrogen and oxygen atoms in total. The molecular weight excluding hydrogens is 484 g/mol. The maximum Gasteiger partial charge on any atom is 0.326 e. The third-order valence-electron chi connectivity index (χ3n) is 5.39. The van der Waals surface area contributed by atoms with Gasteiger partial charge in [-0.15, -0.1) is 0 Å². The van der Waals surface area contributed by atoms with Crippen LogP contribution in [0.4, 0.5) is 0 Å². The second kappa shape index (κ2) is 13.6. The van der Waals surface area contributed by atoms with Gasteiger partial charge in [-0.25, -0.2) is 4.79 Å². The van der Waals surface area contributed by atoms with Crippen molar-refractivity contribution in [3.8, 4) is 5.75 Å². The van der Waals surface area contributed by atoms with Gasteiger partial charge in [0.2, 0.25) is 17.7 Å². The van der Waals surface area contributed by atoms with Crippen molar-refractivity contribution in [1.82, 2.24) is 16.0 Å². The molecule has 8 N–H and O–H groups in total. The Morgan fingerprint density at radius 1 is 0.757 bits per heavy atom. The zero-order valence-electron chi connectivity index (χ0n) is 20.1. The van der Waals surface area contributed by atoms with Crippen molar-refractivity contribution in [3.05, 3.63) is 65.7 Å². The fourth-order valence-electron chi connectivity index (χ4n) is 3.37. The number of aliphatic carboxylic acids is 2. The summed E-state index contributed by atoms with van der Waals surface area (Å²) in [5, 5.41) is 34.6. The summed E-state index contributed by atoms with van der Waals surface area (Å²) in [6.45, 7) is 1.39. The van der Waals surface area contributed by atoms with E-state index >= 15 is 0 Å². The van der Waals surface area contributed by atoms with Gasteiger partial charge in [0.05, 0.1) is 12.5 Å². The molecule has 0 aliphatic rings. The number of benzene rings is 2. The van der Waals surface area contributed by atoms with Crippen molar-refractivity contribution in [2.75, 3.05) is 0 Å². The Labute approximate surface area is 212 Å². The highest BCUT2D eigenvalue weighted by atomic mass is 16.4. The molecule has 2 aromatic carbocycles. The van der Waals surface area contributed by atoms with Crippen molar-refractivity contribution < 1.29 is 39.3 Å². The molecule has 12 heteroatoms. The summed E-state index contributed by atoms with van der Waals surface area (Å²) in [7, 11) is 0. The van der Waals surface area contributed by atoms with Crippen molar-refractivity contribution in [2.45, 2.75) is 50.4 Å². The van der Waals surface area contributed by atoms with Crippen LogP contribution in [0, 0.1) is 0 Å². The lowest BCUT2D eigenvalue weighted by atomic mass is 10.0. The third-order valence-corrected chi connectivity index (χ3v) is 5.39. The van der Waals surface area contributed by atoms with Gasteiger partial charge in [0.15, 0.2) is 0 Å². The van der Waals surface area contributed by atoms with Gasteiger partial charge >= 0.3 is 11.9 Å². The number of carbonyl (C=O) groups is 5. The van der Waals surface area contributed by atoms with Crippen LogP contribution in [0.5, 0.6) is 5.75 Å². The van der Waals surface area contributed by atoms with Crippen molar-refractivity contribution >= 4 is 29.7 Å². The molecule has 0 spiro atoms. The first-order chi connectivity index (χ1) is 17.5. The first kappa shape index (κ1) is 28.8. The molecule has 0 heterocycles. The molecule has 37 heavy (non-hydrogen) atoms. The molecule has 0 radical (unpaired) electrons. The van der Waals surface area contributed by atoms with E-state index in [1.54, 1.807) is 42.5 Å². The second-order valence-corrected chi connectivity index (χ2v) is 8.46. The van der Waals surface area contributed by atoms with Crippen LogP contribution in [0.25, 0.3) is 0 Å². The molecule has 0 aliphatic heterocycles. The Balaban J connectivity index is 2.06. The van der Waals surface area contributed by atoms with Gasteiger partial charge in [-0.1, -0.05) is 42.5 Å². The van der Waals surface area contributed by atoms with Gasteiger partial charge in [-0.3, -0.25) is 19.2 Å². The van der Waals surface area contributed by atoms with Crippen molar-refractivity contribution in [3.63, 3.8) is 0 Å². The summed E-state index contributed by atoms with van der Waals surface area (Å²) in [6, 6.07) is 9.68. The molecule has 0 saturated heterocycles. The van der Waals surface area contributed by atoms with Gasteiger partial charge in [-0.05, 0) is 36.6 Å². The predicted octanol–water partition coefficient (Wildman–Crippen LogP) is -0.462. The molecule has 2 rings (SSSR count). The molecule has 4 atom stereocenters. The minimum absolute atomic E-state index is 0.0150. The van der Waals surface area contributed by atoms with Crippen molar-refractivity contribution in [2.24, 2.45) is 5.73 Å². The fraction of sp³-hybridized carbons (Fsp3) is 0.320. The van der Waals surface area contributed by atoms with E-state index in [4.69, 9.17) is 10.8 Å². The Bertz CT molecular complexity index is 1110. The molecule has 0 aliphatic carbocycles. The zero-order valence-corrected chi connectivity index (χ0v) is 20.1. The maximum atomic E-state index is 12.9. The number of rotatable bonds is 13. The summed E-state index contributed by atoms with van der Waals surface area (Å²) >= 11 is 0. The molecule has 0 unspecified atom stereocenters. The van der Waals surface area contributed by atoms with Crippen LogP contribution in [-0.2, 0) is 36.8 Å². The van der Waals surface area contributed by atoms with Crippen LogP contribution >= 0.6 is 0 Å². The number of aromatic hydroxyl groups is 1. The number of nitrogens with one attached hydrogen (secondary N) is 3. The second-order valence-electron chi connectivity index (χ2n) is 8.46. The van der Waals surface area contributed by atoms with E-state index in [9.17, 15) is 34.2 Å². The Morgan fingerprint density at radius 3 is 1.89 bits per heavy atom. The monoisotopic (exact) mass is 514 g/mol. The first-order valence-corrected chi connectivity index (χ1v) is 11.4. The number of carboxylic acid groups (broad SMARTS) is 2. The smallest absolute Gasteiger partial charge is 0.326 e. The van der Waals surface area contributed by atoms with Crippen LogP contribution in [-0.4, -0.2) is 69.1 Å². The highest BCUT2D eigenvalue weighted by Gasteiger charge is 2.30. The molecule has 2 aromatic rings. The van der Waals surface area contributed by atoms with Crippen molar-refractivity contribution in [1.29, 1.82) is 0 Å². The SMILES string of the molecule is C[C@@H](NC(=O)[C@@H](N)Cc1ccc(O)cc1)C(=O)N[C@@H](Cc1ccccc1)C(=O)N[C@@H](CC(=O)O)C(=O)O. The van der Waals surface area contributed by atoms with Crippen LogP contribution in [0.3, 0.4) is 0 Å². The quantitative estimate of drug-likeness (QED) is 0.184. The zero-order chi connectivity index (χ0) is 27.5. The lowest BCUT2D eigenvalue weighted by Crippen LogP contribution is -2.57. The van der Waals surface area contributed by atoms with E-state index in [-0.39, 0.29) is 18.6 Å². The van der Waals surface area contributed by atoms with Gasteiger partial charge in [-0.2, -0.15) is 0 Å². The number of phenolic OH excluding ortho intramolecular Hbond substituents is 1. The Hall–Kier alpha value is -4.45. The van der Waals surface area contributed by atoms with Gasteiger partial charge in [0.25, 0.3) is 0 Å². The summed E-state index contributed by atoms with van der Waals surface area (Å²) in [5.41, 5.74) is 7.29. The minimum Gasteiger partial charge on any atom is -0.508 e. The summed E-state index contributed by atoms with van der Waals surface area (Å²) < 4.78 is 0. The van der Waals surface area contributed by atoms with Gasteiger partial charge < -0.3 is 37.0 Å². The Kier molecular flexibility index (Phi) is 10.6. The molecule has 0 bridgehead atoms. The van der Waals surface area contributed by atoms with E-state index in [1.807, 2.05) is 0 Å². The Morgan fingerprint density at radius 2 is 1.32 bits per heavy atom. The van der Waals surface area contributed by atoms with E-state index in [1.165, 1.54) is 19.1 Å². The van der Waals surface area contributed by atoms with Gasteiger partial charge in [0.1, 0.15) is 23.9 Å². The number of carbonyl (C=O) groups excluding carboxylic acids is 3. The third kappa shape index (κ3) is 9.61. The number of nitrogens with two attached hydrogens (primary N) is 1. The average Bonchev–Trinajstić information content (AvgIpc) is 2.84. The van der Waals surface area contributed by atoms with E-state index in [2.05, 4.69) is 16.0 Å². The summed E-state index contributed by atoms with van der Waals surface area (Å²) in [4.78, 5) is 60.5. The number of hydrogen-bond acceptors (Lipinski definition) is 7. The number of carboxylic acids is 2. The normalized spacial score (nSPS) is 13.9. The number of phenols is 1. The first-order valence-electron chi connectivity index (χ1n) is 11.4. The molecular formula is C25H30N4O8. The standard InChI is InChI=1S/C25H30N4O8/c1-14(27-23(34)18(26)11-16-7-9-17(30)10-8-16)22(33)28-19(12-15-5-3-2-4-6-15)24(35)29-20(25(36)37)13-21(31)32/h2-10,14,18-20,30H,11-13,26H2,1H3,(H,27,34)(H,28,33)(H,29,35)(H,31,32)(H,36,37)/t14-,18+,19+,20+/m1/s1. The molecule has 0 aromatic heterocycles. The summed E-state index contributed by atoms with van der Waals surface area (Å²) in [5.74, 6) is -5.13. The van der Waals surface area contributed by atoms with E-state index in [0.29, 0.717) is 11.1 Å². The molecule has 198 valence electrons. The predicted molar refractivity (Wildman–Crippen MR) is 131 cm³/mol. The van der Waals surface area contributed by atoms with Crippen LogP contribution < -0.4 is 21.7 Å². The largest absolute Gasteiger partial charge is 0.508 e. The highest BCUT2D eigenvalue weighted by Crippen LogP contribution is 2.11.